The van der Waals surface area contributed by atoms with E-state index in [0.29, 0.717) is 0 Å². The van der Waals surface area contributed by atoms with E-state index in [0.717, 1.165) is 12.2 Å². The summed E-state index contributed by atoms with van der Waals surface area (Å²) in [5.41, 5.74) is -2.30. The first-order chi connectivity index (χ1) is 6.93. The Hall–Kier alpha value is 0.230. The van der Waals surface area contributed by atoms with Gasteiger partial charge in [-0.25, -0.2) is 4.79 Å². The summed E-state index contributed by atoms with van der Waals surface area (Å²) in [5, 5.41) is 2.61. The maximum Gasteiger partial charge on any atom is 0.413 e. The van der Waals surface area contributed by atoms with Gasteiger partial charge in [-0.1, -0.05) is 18.3 Å². The quantitative estimate of drug-likeness (QED) is 0.752. The van der Waals surface area contributed by atoms with E-state index in [1.165, 1.54) is 18.5 Å². The maximum atomic E-state index is 11.3. The molecule has 0 aromatic heterocycles. The van der Waals surface area contributed by atoms with Crippen LogP contribution >= 0.6 is 17.0 Å². The van der Waals surface area contributed by atoms with Crippen LogP contribution in [0.15, 0.2) is 0 Å². The molecule has 1 atom stereocenters. The lowest BCUT2D eigenvalue weighted by Crippen LogP contribution is -2.23. The van der Waals surface area contributed by atoms with Gasteiger partial charge in [0.2, 0.25) is 5.62 Å². The van der Waals surface area contributed by atoms with Crippen molar-refractivity contribution in [3.05, 3.63) is 0 Å². The van der Waals surface area contributed by atoms with Crippen molar-refractivity contribution in [3.8, 4) is 0 Å². The zero-order valence-electron chi connectivity index (χ0n) is 9.48. The molecule has 0 aliphatic heterocycles. The van der Waals surface area contributed by atoms with Gasteiger partial charge >= 0.3 is 6.09 Å². The molecule has 0 spiro atoms. The summed E-state index contributed by atoms with van der Waals surface area (Å²) < 4.78 is 10.1. The zero-order chi connectivity index (χ0) is 11.9. The van der Waals surface area contributed by atoms with Gasteiger partial charge in [-0.15, -0.1) is 0 Å². The molecule has 0 saturated heterocycles. The van der Waals surface area contributed by atoms with E-state index >= 15 is 0 Å². The van der Waals surface area contributed by atoms with E-state index in [2.05, 4.69) is 12.0 Å². The van der Waals surface area contributed by atoms with E-state index in [-0.39, 0.29) is 6.10 Å². The summed E-state index contributed by atoms with van der Waals surface area (Å²) in [6.45, 7) is 5.62. The van der Waals surface area contributed by atoms with Gasteiger partial charge in [-0.2, -0.15) is 0 Å². The van der Waals surface area contributed by atoms with Crippen LogP contribution in [0.2, 0.25) is 0 Å². The highest BCUT2D eigenvalue weighted by atomic mass is 32.9. The van der Waals surface area contributed by atoms with Gasteiger partial charge in [0.15, 0.2) is 0 Å². The molecule has 1 N–H and O–H groups in total. The van der Waals surface area contributed by atoms with Crippen LogP contribution in [0.1, 0.15) is 27.2 Å². The molecule has 15 heavy (non-hydrogen) atoms. The Bertz CT molecular complexity index is 248. The standard InChI is InChI=1S/C8H18NO3PS2/c1-5-6-15-13(14,11-4)9-8(10)12-7(2)3/h7H,5-6H2,1-4H3,(H,9,10,14). The predicted molar refractivity (Wildman–Crippen MR) is 68.8 cm³/mol. The average Bonchev–Trinajstić information content (AvgIpc) is 2.13. The third-order valence-corrected chi connectivity index (χ3v) is 7.10. The zero-order valence-corrected chi connectivity index (χ0v) is 12.0. The number of ether oxygens (including phenoxy) is 1. The van der Waals surface area contributed by atoms with Gasteiger partial charge in [0, 0.05) is 12.9 Å². The van der Waals surface area contributed by atoms with E-state index in [9.17, 15) is 4.79 Å². The van der Waals surface area contributed by atoms with Crippen molar-refractivity contribution in [1.82, 2.24) is 5.09 Å². The van der Waals surface area contributed by atoms with Gasteiger partial charge in [-0.05, 0) is 32.1 Å². The van der Waals surface area contributed by atoms with Gasteiger partial charge in [-0.3, -0.25) is 5.09 Å². The minimum absolute atomic E-state index is 0.151. The van der Waals surface area contributed by atoms with Gasteiger partial charge in [0.05, 0.1) is 6.10 Å². The Labute approximate surface area is 100 Å². The number of hydrogen-bond acceptors (Lipinski definition) is 5. The van der Waals surface area contributed by atoms with Gasteiger partial charge < -0.3 is 9.26 Å². The van der Waals surface area contributed by atoms with E-state index < -0.39 is 11.7 Å². The van der Waals surface area contributed by atoms with Crippen LogP contribution in [-0.4, -0.2) is 25.1 Å². The highest BCUT2D eigenvalue weighted by Gasteiger charge is 2.20. The SMILES string of the molecule is CCCSP(=S)(NC(=O)OC(C)C)OC. The summed E-state index contributed by atoms with van der Waals surface area (Å²) in [6, 6.07) is 0. The van der Waals surface area contributed by atoms with Crippen molar-refractivity contribution in [1.29, 1.82) is 0 Å². The van der Waals surface area contributed by atoms with Crippen LogP contribution in [-0.2, 0) is 21.1 Å². The smallest absolute Gasteiger partial charge is 0.413 e. The van der Waals surface area contributed by atoms with Crippen molar-refractivity contribution in [3.63, 3.8) is 0 Å². The fraction of sp³-hybridized carbons (Fsp3) is 0.875. The monoisotopic (exact) mass is 271 g/mol. The Kier molecular flexibility index (Phi) is 7.61. The number of carbonyl (C=O) groups is 1. The van der Waals surface area contributed by atoms with E-state index in [4.69, 9.17) is 21.1 Å². The van der Waals surface area contributed by atoms with Gasteiger partial charge in [0.1, 0.15) is 0 Å². The van der Waals surface area contributed by atoms with Crippen LogP contribution in [0, 0.1) is 0 Å². The summed E-state index contributed by atoms with van der Waals surface area (Å²) in [4.78, 5) is 11.3. The predicted octanol–water partition coefficient (Wildman–Crippen LogP) is 3.14. The van der Waals surface area contributed by atoms with Crippen LogP contribution in [0.3, 0.4) is 0 Å². The van der Waals surface area contributed by atoms with Crippen LogP contribution in [0.5, 0.6) is 0 Å². The number of carbonyl (C=O) groups excluding carboxylic acids is 1. The maximum absolute atomic E-state index is 11.3. The molecule has 0 aliphatic rings. The van der Waals surface area contributed by atoms with Crippen molar-refractivity contribution in [2.75, 3.05) is 12.9 Å². The molecule has 7 heteroatoms. The fourth-order valence-electron chi connectivity index (χ4n) is 0.694. The normalized spacial score (nSPS) is 14.7. The minimum atomic E-state index is -2.30. The molecule has 0 aromatic rings. The molecule has 0 aliphatic carbocycles. The van der Waals surface area contributed by atoms with Crippen molar-refractivity contribution in [2.24, 2.45) is 0 Å². The topological polar surface area (TPSA) is 47.6 Å². The largest absolute Gasteiger partial charge is 0.447 e. The third kappa shape index (κ3) is 7.17. The molecular formula is C8H18NO3PS2. The molecule has 1 amide bonds. The summed E-state index contributed by atoms with van der Waals surface area (Å²) in [6.07, 6.45) is 0.341. The highest BCUT2D eigenvalue weighted by Crippen LogP contribution is 2.55. The molecular weight excluding hydrogens is 253 g/mol. The molecule has 90 valence electrons. The van der Waals surface area contributed by atoms with Gasteiger partial charge in [0.25, 0.3) is 0 Å². The van der Waals surface area contributed by atoms with Crippen LogP contribution in [0.25, 0.3) is 0 Å². The average molecular weight is 271 g/mol. The second-order valence-corrected chi connectivity index (χ2v) is 9.88. The first kappa shape index (κ1) is 15.2. The fourth-order valence-corrected chi connectivity index (χ4v) is 4.55. The second kappa shape index (κ2) is 7.49. The van der Waals surface area contributed by atoms with Crippen molar-refractivity contribution < 1.29 is 14.1 Å². The summed E-state index contributed by atoms with van der Waals surface area (Å²) in [5.74, 6) is 0.868. The number of rotatable bonds is 6. The Morgan fingerprint density at radius 1 is 1.60 bits per heavy atom. The van der Waals surface area contributed by atoms with E-state index in [1.807, 2.05) is 0 Å². The first-order valence-corrected chi connectivity index (χ1v) is 9.03. The molecule has 0 rings (SSSR count). The lowest BCUT2D eigenvalue weighted by molar-refractivity contribution is 0.121. The Morgan fingerprint density at radius 2 is 2.20 bits per heavy atom. The summed E-state index contributed by atoms with van der Waals surface area (Å²) in [7, 11) is 1.51. The minimum Gasteiger partial charge on any atom is -0.447 e. The number of hydrogen-bond donors (Lipinski definition) is 1. The number of amides is 1. The third-order valence-electron chi connectivity index (χ3n) is 1.28. The molecule has 4 nitrogen and oxygen atoms in total. The Morgan fingerprint density at radius 3 is 2.60 bits per heavy atom. The molecule has 0 fully saturated rings. The molecule has 0 aromatic carbocycles. The molecule has 1 unspecified atom stereocenters. The van der Waals surface area contributed by atoms with Crippen molar-refractivity contribution in [2.45, 2.75) is 33.3 Å². The lowest BCUT2D eigenvalue weighted by atomic mass is 10.5. The molecule has 0 heterocycles. The lowest BCUT2D eigenvalue weighted by Gasteiger charge is -2.20. The number of nitrogens with one attached hydrogen (secondary N) is 1. The van der Waals surface area contributed by atoms with Crippen LogP contribution < -0.4 is 5.09 Å². The first-order valence-electron chi connectivity index (χ1n) is 4.72. The van der Waals surface area contributed by atoms with E-state index in [1.54, 1.807) is 13.8 Å². The molecule has 0 saturated carbocycles. The van der Waals surface area contributed by atoms with Crippen LogP contribution in [0.4, 0.5) is 4.79 Å². The summed E-state index contributed by atoms with van der Waals surface area (Å²) >= 11 is 6.71. The highest BCUT2D eigenvalue weighted by molar-refractivity contribution is 8.68. The molecule has 0 bridgehead atoms. The molecule has 0 radical (unpaired) electrons. The van der Waals surface area contributed by atoms with Crippen molar-refractivity contribution >= 4 is 34.9 Å². The second-order valence-electron chi connectivity index (χ2n) is 3.08. The Balaban J connectivity index is 4.18.